The van der Waals surface area contributed by atoms with Gasteiger partial charge in [0.1, 0.15) is 11.8 Å². The van der Waals surface area contributed by atoms with Crippen LogP contribution in [-0.4, -0.2) is 34.5 Å². The number of carbonyl (C=O) groups excluding carboxylic acids is 2. The van der Waals surface area contributed by atoms with E-state index in [1.807, 2.05) is 32.0 Å². The summed E-state index contributed by atoms with van der Waals surface area (Å²) in [5.74, 6) is -1.08. The normalized spacial score (nSPS) is 15.6. The highest BCUT2D eigenvalue weighted by Crippen LogP contribution is 2.35. The molecule has 2 aromatic carbocycles. The number of nitrogens with one attached hydrogen (secondary N) is 2. The molecule has 0 unspecified atom stereocenters. The molecule has 1 aliphatic carbocycles. The highest BCUT2D eigenvalue weighted by Gasteiger charge is 2.44. The van der Waals surface area contributed by atoms with Crippen LogP contribution in [0, 0.1) is 13.8 Å². The summed E-state index contributed by atoms with van der Waals surface area (Å²) >= 11 is 0. The minimum atomic E-state index is -1.09. The number of ether oxygens (including phenoxy) is 1. The van der Waals surface area contributed by atoms with Gasteiger partial charge in [0.15, 0.2) is 5.60 Å². The Balaban J connectivity index is 1.63. The van der Waals surface area contributed by atoms with Crippen molar-refractivity contribution in [3.63, 3.8) is 0 Å². The lowest BCUT2D eigenvalue weighted by atomic mass is 10.00. The number of anilines is 1. The van der Waals surface area contributed by atoms with Crippen LogP contribution >= 0.6 is 0 Å². The van der Waals surface area contributed by atoms with Gasteiger partial charge in [0, 0.05) is 5.69 Å². The highest BCUT2D eigenvalue weighted by atomic mass is 16.5. The third-order valence-corrected chi connectivity index (χ3v) is 5.65. The zero-order valence-corrected chi connectivity index (χ0v) is 18.7. The van der Waals surface area contributed by atoms with Crippen molar-refractivity contribution in [1.82, 2.24) is 5.32 Å². The quantitative estimate of drug-likeness (QED) is 0.582. The average Bonchev–Trinajstić information content (AvgIpc) is 3.18. The fraction of sp³-hybridized carbons (Fsp3) is 0.400. The van der Waals surface area contributed by atoms with E-state index in [0.717, 1.165) is 35.2 Å². The van der Waals surface area contributed by atoms with Crippen LogP contribution in [0.3, 0.4) is 0 Å². The zero-order chi connectivity index (χ0) is 23.3. The van der Waals surface area contributed by atoms with E-state index in [9.17, 15) is 14.4 Å². The summed E-state index contributed by atoms with van der Waals surface area (Å²) in [5, 5.41) is 14.5. The summed E-state index contributed by atoms with van der Waals surface area (Å²) in [6.07, 6.45) is 2.96. The Morgan fingerprint density at radius 3 is 2.19 bits per heavy atom. The molecule has 2 aromatic rings. The Morgan fingerprint density at radius 1 is 1.03 bits per heavy atom. The summed E-state index contributed by atoms with van der Waals surface area (Å²) in [5.41, 5.74) is 2.71. The van der Waals surface area contributed by atoms with Gasteiger partial charge in [-0.3, -0.25) is 14.4 Å². The lowest BCUT2D eigenvalue weighted by molar-refractivity contribution is -0.145. The Bertz CT molecular complexity index is 974. The van der Waals surface area contributed by atoms with E-state index in [1.165, 1.54) is 6.92 Å². The first-order chi connectivity index (χ1) is 15.2. The number of carboxylic acid groups (broad SMARTS) is 1. The minimum Gasteiger partial charge on any atom is -0.480 e. The summed E-state index contributed by atoms with van der Waals surface area (Å²) in [7, 11) is 0. The van der Waals surface area contributed by atoms with Crippen molar-refractivity contribution in [2.75, 3.05) is 5.32 Å². The molecule has 0 bridgehead atoms. The van der Waals surface area contributed by atoms with Gasteiger partial charge in [-0.25, -0.2) is 0 Å². The highest BCUT2D eigenvalue weighted by molar-refractivity contribution is 5.92. The van der Waals surface area contributed by atoms with E-state index in [0.29, 0.717) is 18.6 Å². The van der Waals surface area contributed by atoms with Gasteiger partial charge in [-0.1, -0.05) is 18.2 Å². The largest absolute Gasteiger partial charge is 0.480 e. The maximum absolute atomic E-state index is 12.8. The molecule has 2 amide bonds. The number of aliphatic carboxylic acids is 1. The van der Waals surface area contributed by atoms with Gasteiger partial charge in [0.25, 0.3) is 5.91 Å². The molecule has 7 nitrogen and oxygen atoms in total. The molecule has 0 saturated heterocycles. The monoisotopic (exact) mass is 438 g/mol. The predicted molar refractivity (Wildman–Crippen MR) is 122 cm³/mol. The van der Waals surface area contributed by atoms with Crippen LogP contribution in [0.1, 0.15) is 49.3 Å². The van der Waals surface area contributed by atoms with Gasteiger partial charge in [-0.2, -0.15) is 0 Å². The first-order valence-corrected chi connectivity index (χ1v) is 10.9. The van der Waals surface area contributed by atoms with E-state index in [-0.39, 0.29) is 12.3 Å². The second-order valence-electron chi connectivity index (χ2n) is 8.58. The first kappa shape index (κ1) is 23.3. The second kappa shape index (κ2) is 9.85. The number of carboxylic acids is 1. The summed E-state index contributed by atoms with van der Waals surface area (Å²) < 4.78 is 6.08. The standard InChI is InChI=1S/C25H30N2O5/c1-16-12-17(2)14-20(13-16)27-22(28)15-19-6-8-21(9-7-19)32-25(10-4-5-11-25)24(31)26-18(3)23(29)30/h6-9,12-14,18H,4-5,10-11,15H2,1-3H3,(H,26,31)(H,27,28)(H,29,30)/t18-/m0/s1. The molecule has 170 valence electrons. The lowest BCUT2D eigenvalue weighted by Crippen LogP contribution is -2.53. The summed E-state index contributed by atoms with van der Waals surface area (Å²) in [4.78, 5) is 36.3. The number of rotatable bonds is 8. The Labute approximate surface area is 188 Å². The molecule has 1 aliphatic rings. The molecule has 0 aliphatic heterocycles. The second-order valence-corrected chi connectivity index (χ2v) is 8.58. The van der Waals surface area contributed by atoms with Gasteiger partial charge in [-0.15, -0.1) is 0 Å². The zero-order valence-electron chi connectivity index (χ0n) is 18.7. The van der Waals surface area contributed by atoms with Crippen molar-refractivity contribution in [3.05, 3.63) is 59.2 Å². The van der Waals surface area contributed by atoms with Crippen molar-refractivity contribution in [3.8, 4) is 5.75 Å². The molecule has 32 heavy (non-hydrogen) atoms. The van der Waals surface area contributed by atoms with E-state index in [4.69, 9.17) is 9.84 Å². The maximum atomic E-state index is 12.8. The molecular formula is C25H30N2O5. The van der Waals surface area contributed by atoms with Crippen molar-refractivity contribution in [2.24, 2.45) is 0 Å². The molecule has 0 heterocycles. The van der Waals surface area contributed by atoms with Gasteiger partial charge in [0.2, 0.25) is 5.91 Å². The molecule has 0 radical (unpaired) electrons. The van der Waals surface area contributed by atoms with Crippen molar-refractivity contribution in [2.45, 2.75) is 64.5 Å². The minimum absolute atomic E-state index is 0.113. The Kier molecular flexibility index (Phi) is 7.18. The molecule has 7 heteroatoms. The van der Waals surface area contributed by atoms with Crippen LogP contribution in [0.25, 0.3) is 0 Å². The molecule has 1 saturated carbocycles. The van der Waals surface area contributed by atoms with Crippen molar-refractivity contribution < 1.29 is 24.2 Å². The van der Waals surface area contributed by atoms with Crippen molar-refractivity contribution >= 4 is 23.5 Å². The summed E-state index contributed by atoms with van der Waals surface area (Å²) in [6.45, 7) is 5.41. The van der Waals surface area contributed by atoms with Crippen LogP contribution in [0.5, 0.6) is 5.75 Å². The van der Waals surface area contributed by atoms with E-state index in [1.54, 1.807) is 24.3 Å². The van der Waals surface area contributed by atoms with E-state index in [2.05, 4.69) is 10.6 Å². The number of aryl methyl sites for hydroxylation is 2. The van der Waals surface area contributed by atoms with Gasteiger partial charge in [0.05, 0.1) is 6.42 Å². The maximum Gasteiger partial charge on any atom is 0.325 e. The predicted octanol–water partition coefficient (Wildman–Crippen LogP) is 3.77. The lowest BCUT2D eigenvalue weighted by Gasteiger charge is -2.29. The summed E-state index contributed by atoms with van der Waals surface area (Å²) in [6, 6.07) is 12.0. The van der Waals surface area contributed by atoms with Crippen LogP contribution in [0.15, 0.2) is 42.5 Å². The molecule has 1 fully saturated rings. The number of hydrogen-bond donors (Lipinski definition) is 3. The van der Waals surface area contributed by atoms with Crippen LogP contribution in [0.2, 0.25) is 0 Å². The number of hydrogen-bond acceptors (Lipinski definition) is 4. The van der Waals surface area contributed by atoms with Gasteiger partial charge in [-0.05, 0) is 87.4 Å². The molecule has 0 aromatic heterocycles. The van der Waals surface area contributed by atoms with Crippen LogP contribution in [0.4, 0.5) is 5.69 Å². The van der Waals surface area contributed by atoms with Crippen LogP contribution < -0.4 is 15.4 Å². The Morgan fingerprint density at radius 2 is 1.62 bits per heavy atom. The number of carbonyl (C=O) groups is 3. The van der Waals surface area contributed by atoms with E-state index < -0.39 is 23.5 Å². The van der Waals surface area contributed by atoms with Crippen LogP contribution in [-0.2, 0) is 20.8 Å². The molecule has 1 atom stereocenters. The first-order valence-electron chi connectivity index (χ1n) is 10.9. The number of benzene rings is 2. The van der Waals surface area contributed by atoms with Gasteiger partial charge < -0.3 is 20.5 Å². The SMILES string of the molecule is Cc1cc(C)cc(NC(=O)Cc2ccc(OC3(C(=O)N[C@@H](C)C(=O)O)CCCC3)cc2)c1. The average molecular weight is 439 g/mol. The van der Waals surface area contributed by atoms with Gasteiger partial charge >= 0.3 is 5.97 Å². The van der Waals surface area contributed by atoms with Crippen molar-refractivity contribution in [1.29, 1.82) is 0 Å². The topological polar surface area (TPSA) is 105 Å². The molecule has 0 spiro atoms. The fourth-order valence-electron chi connectivity index (χ4n) is 4.05. The number of amides is 2. The Hall–Kier alpha value is -3.35. The molecule has 3 N–H and O–H groups in total. The third kappa shape index (κ3) is 5.87. The smallest absolute Gasteiger partial charge is 0.325 e. The molecular weight excluding hydrogens is 408 g/mol. The molecule has 3 rings (SSSR count). The van der Waals surface area contributed by atoms with E-state index >= 15 is 0 Å². The fourth-order valence-corrected chi connectivity index (χ4v) is 4.05. The third-order valence-electron chi connectivity index (χ3n) is 5.65.